The molecule has 1 atom stereocenters. The van der Waals surface area contributed by atoms with Gasteiger partial charge in [-0.25, -0.2) is 0 Å². The van der Waals surface area contributed by atoms with Crippen molar-refractivity contribution in [2.45, 2.75) is 11.7 Å². The third-order valence-electron chi connectivity index (χ3n) is 3.41. The van der Waals surface area contributed by atoms with Gasteiger partial charge in [-0.15, -0.1) is 3.89 Å². The molecule has 1 aliphatic rings. The molecule has 22 heavy (non-hydrogen) atoms. The number of carbonyl (C=O) groups is 1. The van der Waals surface area contributed by atoms with E-state index in [4.69, 9.17) is 5.73 Å². The van der Waals surface area contributed by atoms with E-state index in [-0.39, 0.29) is 18.9 Å². The van der Waals surface area contributed by atoms with Crippen LogP contribution >= 0.6 is 0 Å². The van der Waals surface area contributed by atoms with Crippen molar-refractivity contribution in [2.75, 3.05) is 58.9 Å². The quantitative estimate of drug-likeness (QED) is 0.232. The normalized spacial score (nSPS) is 19.1. The van der Waals surface area contributed by atoms with Crippen molar-refractivity contribution in [3.63, 3.8) is 0 Å². The molecular weight excluding hydrogens is 313 g/mol. The summed E-state index contributed by atoms with van der Waals surface area (Å²) in [5.74, 6) is -0.308. The minimum Gasteiger partial charge on any atom is -0.340 e. The van der Waals surface area contributed by atoms with Crippen LogP contribution in [-0.2, 0) is 15.0 Å². The van der Waals surface area contributed by atoms with Crippen LogP contribution in [0, 0.1) is 0 Å². The zero-order valence-corrected chi connectivity index (χ0v) is 13.5. The van der Waals surface area contributed by atoms with E-state index in [1.54, 1.807) is 0 Å². The minimum absolute atomic E-state index is 0.0512. The Morgan fingerprint density at radius 2 is 1.64 bits per heavy atom. The van der Waals surface area contributed by atoms with E-state index in [9.17, 15) is 17.1 Å². The zero-order valence-electron chi connectivity index (χ0n) is 12.7. The van der Waals surface area contributed by atoms with E-state index in [1.807, 2.05) is 0 Å². The van der Waals surface area contributed by atoms with Gasteiger partial charge in [0.25, 0.3) is 0 Å². The number of halogens is 1. The van der Waals surface area contributed by atoms with Gasteiger partial charge in [-0.1, -0.05) is 0 Å². The number of hydrogen-bond acceptors (Lipinski definition) is 7. The molecule has 0 spiro atoms. The molecule has 0 saturated carbocycles. The summed E-state index contributed by atoms with van der Waals surface area (Å²) in [6.07, 6.45) is -0.254. The summed E-state index contributed by atoms with van der Waals surface area (Å²) >= 11 is 0. The van der Waals surface area contributed by atoms with Crippen LogP contribution < -0.4 is 21.7 Å². The van der Waals surface area contributed by atoms with Crippen molar-refractivity contribution in [1.82, 2.24) is 20.9 Å². The fourth-order valence-electron chi connectivity index (χ4n) is 2.19. The molecule has 1 amide bonds. The Morgan fingerprint density at radius 1 is 1.09 bits per heavy atom. The van der Waals surface area contributed by atoms with Gasteiger partial charge in [0, 0.05) is 65.3 Å². The van der Waals surface area contributed by atoms with Crippen molar-refractivity contribution in [1.29, 1.82) is 0 Å². The summed E-state index contributed by atoms with van der Waals surface area (Å²) in [4.78, 5) is 12.9. The zero-order chi connectivity index (χ0) is 16.4. The van der Waals surface area contributed by atoms with Gasteiger partial charge in [-0.3, -0.25) is 4.79 Å². The number of rotatable bonds is 12. The molecule has 1 saturated heterocycles. The number of nitrogens with one attached hydrogen (secondary N) is 3. The molecule has 0 aromatic heterocycles. The summed E-state index contributed by atoms with van der Waals surface area (Å²) in [7, 11) is -4.63. The van der Waals surface area contributed by atoms with Gasteiger partial charge in [-0.2, -0.15) is 8.42 Å². The first-order valence-corrected chi connectivity index (χ1v) is 8.93. The lowest BCUT2D eigenvalue weighted by atomic mass is 10.4. The highest BCUT2D eigenvalue weighted by Gasteiger charge is 2.37. The SMILES string of the molecule is NCCNCCNCCNCCN1CC(S(=O)(=O)F)CC1=O. The standard InChI is InChI=1S/C12H26FN5O3S/c13-22(20,21)11-9-12(19)18(10-11)8-7-17-6-5-16-4-3-15-2-1-14/h11,15-17H,1-10,14H2. The molecule has 1 heterocycles. The molecule has 0 aromatic carbocycles. The molecular formula is C12H26FN5O3S. The lowest BCUT2D eigenvalue weighted by Gasteiger charge is -2.16. The molecule has 0 aliphatic carbocycles. The second kappa shape index (κ2) is 10.1. The van der Waals surface area contributed by atoms with E-state index in [0.29, 0.717) is 19.6 Å². The lowest BCUT2D eigenvalue weighted by Crippen LogP contribution is -2.37. The van der Waals surface area contributed by atoms with E-state index in [0.717, 1.165) is 32.7 Å². The third-order valence-corrected chi connectivity index (χ3v) is 4.53. The molecule has 0 bridgehead atoms. The first-order valence-electron chi connectivity index (χ1n) is 7.48. The summed E-state index contributed by atoms with van der Waals surface area (Å²) in [6, 6.07) is 0. The maximum absolute atomic E-state index is 12.8. The van der Waals surface area contributed by atoms with E-state index >= 15 is 0 Å². The summed E-state index contributed by atoms with van der Waals surface area (Å²) < 4.78 is 34.4. The van der Waals surface area contributed by atoms with Crippen LogP contribution in [0.1, 0.15) is 6.42 Å². The molecule has 1 rings (SSSR count). The van der Waals surface area contributed by atoms with Gasteiger partial charge in [0.1, 0.15) is 5.25 Å². The van der Waals surface area contributed by atoms with Crippen molar-refractivity contribution >= 4 is 16.1 Å². The Bertz CT molecular complexity index is 434. The van der Waals surface area contributed by atoms with Crippen molar-refractivity contribution in [3.8, 4) is 0 Å². The lowest BCUT2D eigenvalue weighted by molar-refractivity contribution is -0.127. The number of hydrogen-bond donors (Lipinski definition) is 4. The Balaban J connectivity index is 2.00. The molecule has 130 valence electrons. The molecule has 0 radical (unpaired) electrons. The Morgan fingerprint density at radius 3 is 2.14 bits per heavy atom. The second-order valence-corrected chi connectivity index (χ2v) is 6.80. The highest BCUT2D eigenvalue weighted by atomic mass is 32.3. The van der Waals surface area contributed by atoms with E-state index in [2.05, 4.69) is 16.0 Å². The number of carbonyl (C=O) groups excluding carboxylic acids is 1. The molecule has 10 heteroatoms. The highest BCUT2D eigenvalue weighted by molar-refractivity contribution is 7.87. The average molecular weight is 339 g/mol. The third kappa shape index (κ3) is 7.45. The van der Waals surface area contributed by atoms with Gasteiger partial charge in [0.15, 0.2) is 0 Å². The predicted molar refractivity (Wildman–Crippen MR) is 82.7 cm³/mol. The first-order chi connectivity index (χ1) is 10.4. The average Bonchev–Trinajstić information content (AvgIpc) is 2.82. The molecule has 8 nitrogen and oxygen atoms in total. The van der Waals surface area contributed by atoms with Crippen LogP contribution in [0.2, 0.25) is 0 Å². The molecule has 5 N–H and O–H groups in total. The smallest absolute Gasteiger partial charge is 0.307 e. The fourth-order valence-corrected chi connectivity index (χ4v) is 2.88. The van der Waals surface area contributed by atoms with E-state index < -0.39 is 15.5 Å². The van der Waals surface area contributed by atoms with Gasteiger partial charge < -0.3 is 26.6 Å². The number of amides is 1. The van der Waals surface area contributed by atoms with Crippen LogP contribution in [0.15, 0.2) is 0 Å². The van der Waals surface area contributed by atoms with E-state index in [1.165, 1.54) is 4.90 Å². The summed E-state index contributed by atoms with van der Waals surface area (Å²) in [5.41, 5.74) is 5.34. The first kappa shape index (κ1) is 19.2. The van der Waals surface area contributed by atoms with Crippen LogP contribution in [0.4, 0.5) is 3.89 Å². The fraction of sp³-hybridized carbons (Fsp3) is 0.917. The number of nitrogens with two attached hydrogens (primary N) is 1. The number of nitrogens with zero attached hydrogens (tertiary/aromatic N) is 1. The van der Waals surface area contributed by atoms with Crippen molar-refractivity contribution < 1.29 is 17.1 Å². The summed E-state index contributed by atoms with van der Waals surface area (Å²) in [6.45, 7) is 5.57. The Hall–Kier alpha value is -0.810. The van der Waals surface area contributed by atoms with Crippen LogP contribution in [0.25, 0.3) is 0 Å². The molecule has 1 aliphatic heterocycles. The predicted octanol–water partition coefficient (Wildman–Crippen LogP) is -2.39. The monoisotopic (exact) mass is 339 g/mol. The largest absolute Gasteiger partial charge is 0.340 e. The molecule has 1 fully saturated rings. The second-order valence-electron chi connectivity index (χ2n) is 5.18. The maximum atomic E-state index is 12.8. The van der Waals surface area contributed by atoms with Gasteiger partial charge in [0.2, 0.25) is 5.91 Å². The topological polar surface area (TPSA) is 117 Å². The summed E-state index contributed by atoms with van der Waals surface area (Å²) in [5, 5.41) is 8.34. The van der Waals surface area contributed by atoms with Gasteiger partial charge in [-0.05, 0) is 0 Å². The van der Waals surface area contributed by atoms with Gasteiger partial charge in [0.05, 0.1) is 0 Å². The Labute approximate surface area is 131 Å². The minimum atomic E-state index is -4.63. The molecule has 0 aromatic rings. The maximum Gasteiger partial charge on any atom is 0.307 e. The Kier molecular flexibility index (Phi) is 8.79. The van der Waals surface area contributed by atoms with Crippen LogP contribution in [0.5, 0.6) is 0 Å². The van der Waals surface area contributed by atoms with Gasteiger partial charge >= 0.3 is 10.2 Å². The van der Waals surface area contributed by atoms with Crippen molar-refractivity contribution in [2.24, 2.45) is 5.73 Å². The van der Waals surface area contributed by atoms with Crippen LogP contribution in [-0.4, -0.2) is 83.4 Å². The van der Waals surface area contributed by atoms with Crippen LogP contribution in [0.3, 0.4) is 0 Å². The van der Waals surface area contributed by atoms with Crippen molar-refractivity contribution in [3.05, 3.63) is 0 Å². The number of likely N-dealkylation sites (tertiary alicyclic amines) is 1. The highest BCUT2D eigenvalue weighted by Crippen LogP contribution is 2.18. The molecule has 1 unspecified atom stereocenters.